The molecule has 2 N–H and O–H groups in total. The second-order valence-corrected chi connectivity index (χ2v) is 5.47. The number of hydrazone groups is 1. The zero-order chi connectivity index (χ0) is 16.7. The van der Waals surface area contributed by atoms with Crippen molar-refractivity contribution in [1.82, 2.24) is 10.7 Å². The number of ether oxygens (including phenoxy) is 2. The van der Waals surface area contributed by atoms with Gasteiger partial charge >= 0.3 is 6.61 Å². The summed E-state index contributed by atoms with van der Waals surface area (Å²) in [5.74, 6) is 0.0890. The lowest BCUT2D eigenvalue weighted by atomic mass is 10.1. The fourth-order valence-electron chi connectivity index (χ4n) is 2.15. The first-order valence-electron chi connectivity index (χ1n) is 7.29. The molecule has 1 atom stereocenters. The minimum atomic E-state index is -2.85. The molecule has 0 bridgehead atoms. The van der Waals surface area contributed by atoms with E-state index in [9.17, 15) is 8.78 Å². The number of hydrogen-bond donors (Lipinski definition) is 2. The molecule has 0 spiro atoms. The minimum Gasteiger partial charge on any atom is -0.435 e. The molecule has 1 aromatic rings. The standard InChI is InChI=1S/C15H19F2N3O2S/c1-10(11-4-2-5-12(8-11)22-14(16)17)19-20-15(23)18-9-13-6-3-7-21-13/h2,4-5,8,13-14H,3,6-7,9H2,1H3,(H2,18,20,23)/b19-10-/t13-/m0/s1. The summed E-state index contributed by atoms with van der Waals surface area (Å²) in [5.41, 5.74) is 4.00. The highest BCUT2D eigenvalue weighted by Crippen LogP contribution is 2.16. The van der Waals surface area contributed by atoms with Crippen LogP contribution < -0.4 is 15.5 Å². The normalized spacial score (nSPS) is 18.1. The highest BCUT2D eigenvalue weighted by Gasteiger charge is 2.15. The molecule has 8 heteroatoms. The van der Waals surface area contributed by atoms with Crippen LogP contribution in [0, 0.1) is 0 Å². The number of thiocarbonyl (C=S) groups is 1. The molecule has 1 aromatic carbocycles. The minimum absolute atomic E-state index is 0.0890. The monoisotopic (exact) mass is 343 g/mol. The van der Waals surface area contributed by atoms with Gasteiger partial charge in [0.15, 0.2) is 5.11 Å². The highest BCUT2D eigenvalue weighted by molar-refractivity contribution is 7.80. The molecule has 126 valence electrons. The van der Waals surface area contributed by atoms with E-state index in [0.29, 0.717) is 22.9 Å². The zero-order valence-electron chi connectivity index (χ0n) is 12.7. The molecule has 0 aromatic heterocycles. The van der Waals surface area contributed by atoms with E-state index < -0.39 is 6.61 Å². The molecule has 0 radical (unpaired) electrons. The van der Waals surface area contributed by atoms with E-state index >= 15 is 0 Å². The summed E-state index contributed by atoms with van der Waals surface area (Å²) in [6, 6.07) is 6.33. The van der Waals surface area contributed by atoms with Crippen LogP contribution in [0.15, 0.2) is 29.4 Å². The van der Waals surface area contributed by atoms with Crippen LogP contribution in [0.5, 0.6) is 5.75 Å². The average molecular weight is 343 g/mol. The fourth-order valence-corrected chi connectivity index (χ4v) is 2.28. The fraction of sp³-hybridized carbons (Fsp3) is 0.467. The first-order valence-corrected chi connectivity index (χ1v) is 7.70. The number of nitrogens with one attached hydrogen (secondary N) is 2. The zero-order valence-corrected chi connectivity index (χ0v) is 13.5. The van der Waals surface area contributed by atoms with Crippen LogP contribution in [-0.4, -0.2) is 36.7 Å². The maximum absolute atomic E-state index is 12.2. The van der Waals surface area contributed by atoms with Gasteiger partial charge in [0.05, 0.1) is 11.8 Å². The molecular weight excluding hydrogens is 324 g/mol. The van der Waals surface area contributed by atoms with E-state index in [1.165, 1.54) is 12.1 Å². The van der Waals surface area contributed by atoms with Gasteiger partial charge in [0, 0.05) is 18.7 Å². The van der Waals surface area contributed by atoms with Gasteiger partial charge in [-0.15, -0.1) is 0 Å². The van der Waals surface area contributed by atoms with Gasteiger partial charge in [-0.25, -0.2) is 0 Å². The summed E-state index contributed by atoms with van der Waals surface area (Å²) >= 11 is 5.13. The lowest BCUT2D eigenvalue weighted by molar-refractivity contribution is -0.0498. The average Bonchev–Trinajstić information content (AvgIpc) is 3.03. The van der Waals surface area contributed by atoms with Gasteiger partial charge in [-0.1, -0.05) is 12.1 Å². The van der Waals surface area contributed by atoms with Gasteiger partial charge in [0.2, 0.25) is 0 Å². The molecule has 5 nitrogen and oxygen atoms in total. The van der Waals surface area contributed by atoms with Gasteiger partial charge in [-0.05, 0) is 44.1 Å². The van der Waals surface area contributed by atoms with Gasteiger partial charge in [-0.2, -0.15) is 13.9 Å². The molecule has 0 amide bonds. The first kappa shape index (κ1) is 17.6. The molecule has 1 fully saturated rings. The maximum Gasteiger partial charge on any atom is 0.387 e. The third-order valence-electron chi connectivity index (χ3n) is 3.32. The van der Waals surface area contributed by atoms with E-state index in [1.54, 1.807) is 19.1 Å². The van der Waals surface area contributed by atoms with Crippen LogP contribution >= 0.6 is 12.2 Å². The number of nitrogens with zero attached hydrogens (tertiary/aromatic N) is 1. The second-order valence-electron chi connectivity index (χ2n) is 5.06. The molecular formula is C15H19F2N3O2S. The van der Waals surface area contributed by atoms with E-state index in [2.05, 4.69) is 20.6 Å². The number of halogens is 2. The van der Waals surface area contributed by atoms with Crippen molar-refractivity contribution in [2.24, 2.45) is 5.10 Å². The van der Waals surface area contributed by atoms with Crippen molar-refractivity contribution in [2.45, 2.75) is 32.5 Å². The van der Waals surface area contributed by atoms with Crippen molar-refractivity contribution >= 4 is 23.0 Å². The Morgan fingerprint density at radius 3 is 3.04 bits per heavy atom. The van der Waals surface area contributed by atoms with Crippen molar-refractivity contribution in [3.05, 3.63) is 29.8 Å². The number of alkyl halides is 2. The lowest BCUT2D eigenvalue weighted by Crippen LogP contribution is -2.37. The van der Waals surface area contributed by atoms with Gasteiger partial charge < -0.3 is 14.8 Å². The van der Waals surface area contributed by atoms with E-state index in [0.717, 1.165) is 19.4 Å². The molecule has 2 rings (SSSR count). The maximum atomic E-state index is 12.2. The lowest BCUT2D eigenvalue weighted by Gasteiger charge is -2.12. The van der Waals surface area contributed by atoms with Gasteiger partial charge in [-0.3, -0.25) is 5.43 Å². The summed E-state index contributed by atoms with van der Waals surface area (Å²) in [6.45, 7) is 0.325. The second kappa shape index (κ2) is 8.73. The van der Waals surface area contributed by atoms with Crippen molar-refractivity contribution < 1.29 is 18.3 Å². The van der Waals surface area contributed by atoms with Crippen molar-refractivity contribution in [3.63, 3.8) is 0 Å². The Morgan fingerprint density at radius 1 is 1.52 bits per heavy atom. The predicted molar refractivity (Wildman–Crippen MR) is 88.0 cm³/mol. The number of rotatable bonds is 6. The van der Waals surface area contributed by atoms with Crippen molar-refractivity contribution in [1.29, 1.82) is 0 Å². The molecule has 1 aliphatic rings. The Morgan fingerprint density at radius 2 is 2.35 bits per heavy atom. The summed E-state index contributed by atoms with van der Waals surface area (Å²) in [5, 5.41) is 7.56. The predicted octanol–water partition coefficient (Wildman–Crippen LogP) is 2.66. The van der Waals surface area contributed by atoms with E-state index in [1.807, 2.05) is 0 Å². The van der Waals surface area contributed by atoms with Gasteiger partial charge in [0.1, 0.15) is 5.75 Å². The van der Waals surface area contributed by atoms with Crippen LogP contribution in [0.3, 0.4) is 0 Å². The van der Waals surface area contributed by atoms with Gasteiger partial charge in [0.25, 0.3) is 0 Å². The molecule has 1 heterocycles. The largest absolute Gasteiger partial charge is 0.435 e. The van der Waals surface area contributed by atoms with E-state index in [-0.39, 0.29) is 11.9 Å². The Kier molecular flexibility index (Phi) is 6.66. The molecule has 0 aliphatic carbocycles. The topological polar surface area (TPSA) is 54.9 Å². The van der Waals surface area contributed by atoms with Crippen LogP contribution in [0.25, 0.3) is 0 Å². The quantitative estimate of drug-likeness (QED) is 0.472. The smallest absolute Gasteiger partial charge is 0.387 e. The summed E-state index contributed by atoms with van der Waals surface area (Å²) in [4.78, 5) is 0. The van der Waals surface area contributed by atoms with Crippen LogP contribution in [0.2, 0.25) is 0 Å². The van der Waals surface area contributed by atoms with Crippen LogP contribution in [-0.2, 0) is 4.74 Å². The van der Waals surface area contributed by atoms with Crippen LogP contribution in [0.1, 0.15) is 25.3 Å². The third kappa shape index (κ3) is 6.07. The molecule has 0 unspecified atom stereocenters. The molecule has 1 saturated heterocycles. The molecule has 23 heavy (non-hydrogen) atoms. The summed E-state index contributed by atoms with van der Waals surface area (Å²) in [6.07, 6.45) is 2.28. The van der Waals surface area contributed by atoms with Crippen molar-refractivity contribution in [3.8, 4) is 5.75 Å². The summed E-state index contributed by atoms with van der Waals surface area (Å²) in [7, 11) is 0. The number of hydrogen-bond acceptors (Lipinski definition) is 4. The SMILES string of the molecule is C/C(=N/NC(=S)NC[C@@H]1CCCO1)c1cccc(OC(F)F)c1. The van der Waals surface area contributed by atoms with Crippen molar-refractivity contribution in [2.75, 3.05) is 13.2 Å². The Balaban J connectivity index is 1.84. The Bertz CT molecular complexity index is 563. The summed E-state index contributed by atoms with van der Waals surface area (Å²) < 4.78 is 34.3. The Labute approximate surface area is 139 Å². The van der Waals surface area contributed by atoms with Crippen LogP contribution in [0.4, 0.5) is 8.78 Å². The highest BCUT2D eigenvalue weighted by atomic mass is 32.1. The number of benzene rings is 1. The third-order valence-corrected chi connectivity index (χ3v) is 3.55. The first-order chi connectivity index (χ1) is 11.0. The molecule has 0 saturated carbocycles. The van der Waals surface area contributed by atoms with E-state index in [4.69, 9.17) is 17.0 Å². The Hall–Kier alpha value is -1.80. The molecule has 1 aliphatic heterocycles.